The molecule has 1 aromatic heterocycles. The van der Waals surface area contributed by atoms with Crippen LogP contribution in [0, 0.1) is 13.8 Å². The minimum Gasteiger partial charge on any atom is -0.338 e. The number of likely N-dealkylation sites (N-methyl/N-ethyl adjacent to an activating group) is 1. The Morgan fingerprint density at radius 1 is 1.31 bits per heavy atom. The van der Waals surface area contributed by atoms with Gasteiger partial charge in [-0.3, -0.25) is 9.48 Å². The van der Waals surface area contributed by atoms with Crippen LogP contribution < -0.4 is 0 Å². The van der Waals surface area contributed by atoms with E-state index in [0.29, 0.717) is 23.0 Å². The lowest BCUT2D eigenvalue weighted by atomic mass is 10.1. The van der Waals surface area contributed by atoms with E-state index >= 15 is 0 Å². The van der Waals surface area contributed by atoms with Gasteiger partial charge in [-0.25, -0.2) is 8.42 Å². The first-order valence-corrected chi connectivity index (χ1v) is 11.8. The third-order valence-corrected chi connectivity index (χ3v) is 7.76. The van der Waals surface area contributed by atoms with Crippen molar-refractivity contribution < 1.29 is 13.2 Å². The van der Waals surface area contributed by atoms with E-state index < -0.39 is 9.84 Å². The van der Waals surface area contributed by atoms with Crippen molar-refractivity contribution >= 4 is 45.0 Å². The molecule has 1 amide bonds. The van der Waals surface area contributed by atoms with E-state index in [1.54, 1.807) is 36.0 Å². The molecule has 3 rings (SSSR count). The Kier molecular flexibility index (Phi) is 6.41. The molecule has 1 aliphatic rings. The maximum absolute atomic E-state index is 12.5. The number of rotatable bonds is 5. The lowest BCUT2D eigenvalue weighted by Crippen LogP contribution is -2.36. The normalized spacial score (nSPS) is 18.4. The second-order valence-electron chi connectivity index (χ2n) is 7.28. The van der Waals surface area contributed by atoms with E-state index in [2.05, 4.69) is 5.10 Å². The number of sulfone groups is 1. The number of halogens is 2. The van der Waals surface area contributed by atoms with Crippen LogP contribution in [0.15, 0.2) is 24.3 Å². The molecule has 0 N–H and O–H groups in total. The smallest absolute Gasteiger partial charge is 0.246 e. The van der Waals surface area contributed by atoms with Crippen LogP contribution in [0.4, 0.5) is 0 Å². The number of hydrogen-bond donors (Lipinski definition) is 0. The van der Waals surface area contributed by atoms with E-state index in [-0.39, 0.29) is 23.5 Å². The predicted molar refractivity (Wildman–Crippen MR) is 116 cm³/mol. The molecule has 0 bridgehead atoms. The van der Waals surface area contributed by atoms with Gasteiger partial charge in [0.2, 0.25) is 5.91 Å². The van der Waals surface area contributed by atoms with Gasteiger partial charge in [0.05, 0.1) is 23.7 Å². The highest BCUT2D eigenvalue weighted by Gasteiger charge is 2.32. The fraction of sp³-hybridized carbons (Fsp3) is 0.400. The molecule has 29 heavy (non-hydrogen) atoms. The van der Waals surface area contributed by atoms with Crippen molar-refractivity contribution in [3.63, 3.8) is 0 Å². The summed E-state index contributed by atoms with van der Waals surface area (Å²) in [5.41, 5.74) is 3.29. The molecule has 1 saturated heterocycles. The van der Waals surface area contributed by atoms with Gasteiger partial charge in [-0.1, -0.05) is 29.3 Å². The molecule has 6 nitrogen and oxygen atoms in total. The Morgan fingerprint density at radius 3 is 2.55 bits per heavy atom. The van der Waals surface area contributed by atoms with E-state index in [9.17, 15) is 13.2 Å². The largest absolute Gasteiger partial charge is 0.338 e. The third-order valence-electron chi connectivity index (χ3n) is 5.30. The van der Waals surface area contributed by atoms with Crippen molar-refractivity contribution in [2.75, 3.05) is 18.6 Å². The van der Waals surface area contributed by atoms with Crippen molar-refractivity contribution in [2.45, 2.75) is 32.9 Å². The number of hydrogen-bond acceptors (Lipinski definition) is 4. The summed E-state index contributed by atoms with van der Waals surface area (Å²) in [6, 6.07) is 5.09. The molecular formula is C20H23Cl2N3O3S. The van der Waals surface area contributed by atoms with E-state index in [0.717, 1.165) is 22.5 Å². The van der Waals surface area contributed by atoms with Gasteiger partial charge in [-0.2, -0.15) is 5.10 Å². The summed E-state index contributed by atoms with van der Waals surface area (Å²) < 4.78 is 25.1. The molecule has 0 aliphatic carbocycles. The van der Waals surface area contributed by atoms with E-state index in [1.165, 1.54) is 11.0 Å². The number of carbonyl (C=O) groups is 1. The second kappa shape index (κ2) is 8.50. The molecule has 2 heterocycles. The number of carbonyl (C=O) groups excluding carboxylic acids is 1. The average Bonchev–Trinajstić information content (AvgIpc) is 3.14. The predicted octanol–water partition coefficient (Wildman–Crippen LogP) is 3.51. The van der Waals surface area contributed by atoms with Crippen LogP contribution in [0.5, 0.6) is 0 Å². The molecule has 1 aromatic carbocycles. The lowest BCUT2D eigenvalue weighted by Gasteiger charge is -2.21. The van der Waals surface area contributed by atoms with Crippen LogP contribution in [0.2, 0.25) is 10.0 Å². The van der Waals surface area contributed by atoms with Gasteiger partial charge in [0.1, 0.15) is 0 Å². The maximum Gasteiger partial charge on any atom is 0.246 e. The standard InChI is InChI=1S/C20H23Cl2N3O3S/c1-13-16(7-8-20(26)24(3)15-9-10-29(27,28)12-15)14(2)25(23-13)11-17-18(21)5-4-6-19(17)22/h4-8,15H,9-12H2,1-3H3. The Labute approximate surface area is 181 Å². The number of aromatic nitrogens is 2. The minimum absolute atomic E-state index is 0.0255. The summed E-state index contributed by atoms with van der Waals surface area (Å²) in [6.45, 7) is 4.21. The first kappa shape index (κ1) is 21.9. The number of nitrogens with zero attached hydrogens (tertiary/aromatic N) is 3. The fourth-order valence-electron chi connectivity index (χ4n) is 3.47. The Balaban J connectivity index is 1.77. The first-order valence-electron chi connectivity index (χ1n) is 9.21. The number of amides is 1. The van der Waals surface area contributed by atoms with E-state index in [1.807, 2.05) is 13.8 Å². The second-order valence-corrected chi connectivity index (χ2v) is 10.3. The van der Waals surface area contributed by atoms with Crippen molar-refractivity contribution in [1.29, 1.82) is 0 Å². The van der Waals surface area contributed by atoms with Gasteiger partial charge in [0.15, 0.2) is 9.84 Å². The summed E-state index contributed by atoms with van der Waals surface area (Å²) in [7, 11) is -1.40. The summed E-state index contributed by atoms with van der Waals surface area (Å²) >= 11 is 12.5. The Bertz CT molecular complexity index is 1060. The molecule has 0 saturated carbocycles. The van der Waals surface area contributed by atoms with Crippen molar-refractivity contribution in [1.82, 2.24) is 14.7 Å². The minimum atomic E-state index is -3.04. The molecule has 0 spiro atoms. The summed E-state index contributed by atoms with van der Waals surface area (Å²) in [4.78, 5) is 14.0. The molecule has 9 heteroatoms. The molecular weight excluding hydrogens is 433 g/mol. The van der Waals surface area contributed by atoms with Crippen molar-refractivity contribution in [3.8, 4) is 0 Å². The van der Waals surface area contributed by atoms with Gasteiger partial charge in [-0.05, 0) is 38.5 Å². The van der Waals surface area contributed by atoms with Gasteiger partial charge in [0.25, 0.3) is 0 Å². The van der Waals surface area contributed by atoms with Crippen LogP contribution in [0.1, 0.15) is 28.9 Å². The zero-order valence-electron chi connectivity index (χ0n) is 16.5. The number of aryl methyl sites for hydroxylation is 1. The van der Waals surface area contributed by atoms with Gasteiger partial charge >= 0.3 is 0 Å². The van der Waals surface area contributed by atoms with Crippen molar-refractivity contribution in [2.24, 2.45) is 0 Å². The molecule has 1 fully saturated rings. The summed E-state index contributed by atoms with van der Waals surface area (Å²) in [6.07, 6.45) is 3.67. The van der Waals surface area contributed by atoms with Crippen LogP contribution in [0.25, 0.3) is 6.08 Å². The van der Waals surface area contributed by atoms with Gasteiger partial charge in [-0.15, -0.1) is 0 Å². The molecule has 1 aliphatic heterocycles. The topological polar surface area (TPSA) is 72.3 Å². The SMILES string of the molecule is Cc1nn(Cc2c(Cl)cccc2Cl)c(C)c1C=CC(=O)N(C)C1CCS(=O)(=O)C1. The lowest BCUT2D eigenvalue weighted by molar-refractivity contribution is -0.126. The highest BCUT2D eigenvalue weighted by atomic mass is 35.5. The Hall–Kier alpha value is -1.83. The Morgan fingerprint density at radius 2 is 1.97 bits per heavy atom. The van der Waals surface area contributed by atoms with Crippen LogP contribution in [0.3, 0.4) is 0 Å². The summed E-state index contributed by atoms with van der Waals surface area (Å²) in [5, 5.41) is 5.70. The van der Waals surface area contributed by atoms with Crippen LogP contribution in [-0.4, -0.2) is 53.6 Å². The molecule has 2 aromatic rings. The molecule has 156 valence electrons. The van der Waals surface area contributed by atoms with Crippen molar-refractivity contribution in [3.05, 3.63) is 56.8 Å². The number of benzene rings is 1. The van der Waals surface area contributed by atoms with Crippen LogP contribution >= 0.6 is 23.2 Å². The quantitative estimate of drug-likeness (QED) is 0.646. The van der Waals surface area contributed by atoms with Gasteiger partial charge < -0.3 is 4.90 Å². The first-order chi connectivity index (χ1) is 13.6. The molecule has 1 unspecified atom stereocenters. The fourth-order valence-corrected chi connectivity index (χ4v) is 5.76. The monoisotopic (exact) mass is 455 g/mol. The molecule has 1 atom stereocenters. The highest BCUT2D eigenvalue weighted by molar-refractivity contribution is 7.91. The summed E-state index contributed by atoms with van der Waals surface area (Å²) in [5.74, 6) is -0.0699. The highest BCUT2D eigenvalue weighted by Crippen LogP contribution is 2.26. The third kappa shape index (κ3) is 4.85. The zero-order chi connectivity index (χ0) is 21.3. The van der Waals surface area contributed by atoms with Crippen LogP contribution in [-0.2, 0) is 21.2 Å². The van der Waals surface area contributed by atoms with E-state index in [4.69, 9.17) is 23.2 Å². The maximum atomic E-state index is 12.5. The van der Waals surface area contributed by atoms with Gasteiger partial charge in [0, 0.05) is 46.0 Å². The average molecular weight is 456 g/mol. The molecule has 0 radical (unpaired) electrons. The zero-order valence-corrected chi connectivity index (χ0v) is 18.9.